The minimum absolute atomic E-state index is 0.00621. The van der Waals surface area contributed by atoms with Crippen LogP contribution in [-0.2, 0) is 19.6 Å². The van der Waals surface area contributed by atoms with E-state index in [2.05, 4.69) is 10.6 Å². The van der Waals surface area contributed by atoms with Crippen molar-refractivity contribution in [3.63, 3.8) is 0 Å². The summed E-state index contributed by atoms with van der Waals surface area (Å²) in [6, 6.07) is 4.12. The maximum absolute atomic E-state index is 12.3. The van der Waals surface area contributed by atoms with Gasteiger partial charge in [0.2, 0.25) is 21.8 Å². The number of nitrogens with zero attached hydrogens (tertiary/aromatic N) is 1. The van der Waals surface area contributed by atoms with Gasteiger partial charge in [0.15, 0.2) is 0 Å². The zero-order chi connectivity index (χ0) is 18.2. The highest BCUT2D eigenvalue weighted by Gasteiger charge is 2.36. The summed E-state index contributed by atoms with van der Waals surface area (Å²) < 4.78 is 24.6. The van der Waals surface area contributed by atoms with Gasteiger partial charge in [0.1, 0.15) is 0 Å². The summed E-state index contributed by atoms with van der Waals surface area (Å²) >= 11 is 6.00. The molecule has 2 N–H and O–H groups in total. The average molecular weight is 386 g/mol. The number of amides is 3. The molecule has 1 saturated carbocycles. The summed E-state index contributed by atoms with van der Waals surface area (Å²) in [5, 5.41) is 5.25. The quantitative estimate of drug-likeness (QED) is 0.762. The Hall–Kier alpha value is -2.13. The average Bonchev–Trinajstić information content (AvgIpc) is 3.31. The second kappa shape index (κ2) is 6.64. The lowest BCUT2D eigenvalue weighted by atomic mass is 10.2. The van der Waals surface area contributed by atoms with E-state index in [9.17, 15) is 22.8 Å². The molecule has 0 bridgehead atoms. The summed E-state index contributed by atoms with van der Waals surface area (Å²) in [7, 11) is -3.73. The van der Waals surface area contributed by atoms with Crippen LogP contribution < -0.4 is 14.9 Å². The van der Waals surface area contributed by atoms with Crippen LogP contribution in [0.25, 0.3) is 0 Å². The first-order valence-corrected chi connectivity index (χ1v) is 9.69. The molecule has 1 aliphatic heterocycles. The fourth-order valence-corrected chi connectivity index (χ4v) is 4.10. The van der Waals surface area contributed by atoms with Crippen molar-refractivity contribution in [3.8, 4) is 0 Å². The van der Waals surface area contributed by atoms with Crippen LogP contribution in [0.3, 0.4) is 0 Å². The molecule has 0 aromatic heterocycles. The van der Waals surface area contributed by atoms with Gasteiger partial charge in [-0.3, -0.25) is 14.4 Å². The van der Waals surface area contributed by atoms with Gasteiger partial charge in [-0.2, -0.15) is 0 Å². The predicted octanol–water partition coefficient (Wildman–Crippen LogP) is 0.415. The van der Waals surface area contributed by atoms with E-state index in [1.165, 1.54) is 18.2 Å². The highest BCUT2D eigenvalue weighted by atomic mass is 35.5. The molecule has 1 saturated heterocycles. The van der Waals surface area contributed by atoms with Crippen LogP contribution in [0.4, 0.5) is 5.69 Å². The molecule has 3 rings (SSSR count). The Balaban J connectivity index is 1.75. The molecule has 8 nitrogen and oxygen atoms in total. The number of hydrogen-bond acceptors (Lipinski definition) is 5. The molecule has 1 aromatic rings. The highest BCUT2D eigenvalue weighted by Crippen LogP contribution is 2.29. The fourth-order valence-electron chi connectivity index (χ4n) is 2.44. The van der Waals surface area contributed by atoms with E-state index in [-0.39, 0.29) is 46.9 Å². The van der Waals surface area contributed by atoms with E-state index < -0.39 is 21.8 Å². The molecule has 0 unspecified atom stereocenters. The molecule has 2 fully saturated rings. The number of sulfonamides is 1. The zero-order valence-corrected chi connectivity index (χ0v) is 14.7. The molecular formula is C15H16ClN3O5S. The number of benzene rings is 1. The summed E-state index contributed by atoms with van der Waals surface area (Å²) in [6.07, 6.45) is 1.77. The number of anilines is 1. The predicted molar refractivity (Wildman–Crippen MR) is 90.8 cm³/mol. The van der Waals surface area contributed by atoms with Crippen LogP contribution in [0.15, 0.2) is 18.2 Å². The van der Waals surface area contributed by atoms with Gasteiger partial charge in [-0.1, -0.05) is 11.6 Å². The molecule has 0 atom stereocenters. The SMILES string of the molecule is O=C(CNC(=O)c1cc(N2C(=O)CCS2(=O)=O)ccc1Cl)NC1CC1. The Morgan fingerprint density at radius 2 is 2.00 bits per heavy atom. The lowest BCUT2D eigenvalue weighted by Crippen LogP contribution is -2.38. The lowest BCUT2D eigenvalue weighted by molar-refractivity contribution is -0.120. The number of carbonyl (C=O) groups excluding carboxylic acids is 3. The number of nitrogens with one attached hydrogen (secondary N) is 2. The van der Waals surface area contributed by atoms with Gasteiger partial charge < -0.3 is 10.6 Å². The number of carbonyl (C=O) groups is 3. The molecule has 3 amide bonds. The van der Waals surface area contributed by atoms with E-state index in [0.717, 1.165) is 12.8 Å². The van der Waals surface area contributed by atoms with E-state index in [1.807, 2.05) is 0 Å². The minimum atomic E-state index is -3.73. The smallest absolute Gasteiger partial charge is 0.253 e. The maximum Gasteiger partial charge on any atom is 0.253 e. The Morgan fingerprint density at radius 3 is 2.60 bits per heavy atom. The summed E-state index contributed by atoms with van der Waals surface area (Å²) in [5.41, 5.74) is 0.0489. The zero-order valence-electron chi connectivity index (χ0n) is 13.1. The molecule has 1 aromatic carbocycles. The van der Waals surface area contributed by atoms with Crippen LogP contribution >= 0.6 is 11.6 Å². The van der Waals surface area contributed by atoms with E-state index in [0.29, 0.717) is 4.31 Å². The molecular weight excluding hydrogens is 370 g/mol. The molecule has 2 aliphatic rings. The van der Waals surface area contributed by atoms with Crippen molar-refractivity contribution in [3.05, 3.63) is 28.8 Å². The third-order valence-electron chi connectivity index (χ3n) is 3.86. The second-order valence-corrected chi connectivity index (χ2v) is 8.26. The Kier molecular flexibility index (Phi) is 4.70. The van der Waals surface area contributed by atoms with Crippen LogP contribution in [-0.4, -0.2) is 44.5 Å². The van der Waals surface area contributed by atoms with Gasteiger partial charge in [-0.25, -0.2) is 12.7 Å². The molecule has 0 radical (unpaired) electrons. The number of hydrogen-bond donors (Lipinski definition) is 2. The van der Waals surface area contributed by atoms with Gasteiger partial charge >= 0.3 is 0 Å². The normalized spacial score (nSPS) is 18.9. The summed E-state index contributed by atoms with van der Waals surface area (Å²) in [5.74, 6) is -1.75. The van der Waals surface area contributed by atoms with Crippen molar-refractivity contribution < 1.29 is 22.8 Å². The van der Waals surface area contributed by atoms with Gasteiger partial charge in [0.05, 0.1) is 28.6 Å². The van der Waals surface area contributed by atoms with E-state index in [4.69, 9.17) is 11.6 Å². The summed E-state index contributed by atoms with van der Waals surface area (Å²) in [4.78, 5) is 35.7. The lowest BCUT2D eigenvalue weighted by Gasteiger charge is -2.16. The van der Waals surface area contributed by atoms with Crippen molar-refractivity contribution in [1.29, 1.82) is 0 Å². The molecule has 25 heavy (non-hydrogen) atoms. The maximum atomic E-state index is 12.3. The summed E-state index contributed by atoms with van der Waals surface area (Å²) in [6.45, 7) is -0.211. The standard InChI is InChI=1S/C15H16ClN3O5S/c16-12-4-3-10(19-14(21)5-6-25(19,23)24)7-11(12)15(22)17-8-13(20)18-9-1-2-9/h3-4,7,9H,1-2,5-6,8H2,(H,17,22)(H,18,20). The van der Waals surface area contributed by atoms with Crippen LogP contribution in [0, 0.1) is 0 Å². The Morgan fingerprint density at radius 1 is 1.28 bits per heavy atom. The molecule has 10 heteroatoms. The fraction of sp³-hybridized carbons (Fsp3) is 0.400. The van der Waals surface area contributed by atoms with Crippen LogP contribution in [0.1, 0.15) is 29.6 Å². The third kappa shape index (κ3) is 3.93. The first-order valence-electron chi connectivity index (χ1n) is 7.71. The van der Waals surface area contributed by atoms with Crippen molar-refractivity contribution in [2.45, 2.75) is 25.3 Å². The topological polar surface area (TPSA) is 113 Å². The first-order chi connectivity index (χ1) is 11.8. The minimum Gasteiger partial charge on any atom is -0.352 e. The van der Waals surface area contributed by atoms with Crippen LogP contribution in [0.5, 0.6) is 0 Å². The van der Waals surface area contributed by atoms with E-state index in [1.54, 1.807) is 0 Å². The number of rotatable bonds is 5. The molecule has 0 spiro atoms. The van der Waals surface area contributed by atoms with Gasteiger partial charge in [-0.15, -0.1) is 0 Å². The van der Waals surface area contributed by atoms with Gasteiger partial charge in [0.25, 0.3) is 5.91 Å². The first kappa shape index (κ1) is 17.7. The highest BCUT2D eigenvalue weighted by molar-refractivity contribution is 7.94. The second-order valence-electron chi connectivity index (χ2n) is 5.91. The van der Waals surface area contributed by atoms with Crippen molar-refractivity contribution in [2.24, 2.45) is 0 Å². The number of halogens is 1. The third-order valence-corrected chi connectivity index (χ3v) is 5.88. The molecule has 1 heterocycles. The Labute approximate surface area is 149 Å². The molecule has 134 valence electrons. The monoisotopic (exact) mass is 385 g/mol. The molecule has 1 aliphatic carbocycles. The van der Waals surface area contributed by atoms with Crippen molar-refractivity contribution in [2.75, 3.05) is 16.6 Å². The Bertz CT molecular complexity index is 851. The van der Waals surface area contributed by atoms with Crippen LogP contribution in [0.2, 0.25) is 5.02 Å². The van der Waals surface area contributed by atoms with Gasteiger partial charge in [-0.05, 0) is 31.0 Å². The van der Waals surface area contributed by atoms with Crippen molar-refractivity contribution >= 4 is 45.0 Å². The largest absolute Gasteiger partial charge is 0.352 e. The van der Waals surface area contributed by atoms with E-state index >= 15 is 0 Å². The van der Waals surface area contributed by atoms with Crippen molar-refractivity contribution in [1.82, 2.24) is 10.6 Å². The van der Waals surface area contributed by atoms with Gasteiger partial charge in [0, 0.05) is 12.5 Å².